The van der Waals surface area contributed by atoms with E-state index >= 15 is 0 Å². The van der Waals surface area contributed by atoms with Crippen molar-refractivity contribution in [1.29, 1.82) is 0 Å². The fourth-order valence-corrected chi connectivity index (χ4v) is 11.4. The van der Waals surface area contributed by atoms with Gasteiger partial charge in [-0.05, 0) is 32.3 Å². The van der Waals surface area contributed by atoms with Crippen LogP contribution in [0.25, 0.3) is 20.2 Å². The van der Waals surface area contributed by atoms with E-state index in [-0.39, 0.29) is 12.0 Å². The van der Waals surface area contributed by atoms with Crippen molar-refractivity contribution in [3.63, 3.8) is 0 Å². The van der Waals surface area contributed by atoms with Crippen LogP contribution in [0.2, 0.25) is 39.3 Å². The molecule has 3 aromatic carbocycles. The minimum Gasteiger partial charge on any atom is -0.484 e. The lowest BCUT2D eigenvalue weighted by atomic mass is 9.83. The van der Waals surface area contributed by atoms with Gasteiger partial charge in [0.25, 0.3) is 0 Å². The van der Waals surface area contributed by atoms with Crippen molar-refractivity contribution in [3.8, 4) is 5.75 Å². The molecule has 0 saturated heterocycles. The number of ether oxygens (including phenoxy) is 1. The third-order valence-corrected chi connectivity index (χ3v) is 16.7. The summed E-state index contributed by atoms with van der Waals surface area (Å²) in [5.74, 6) is 1.30. The van der Waals surface area contributed by atoms with Crippen LogP contribution in [-0.2, 0) is 0 Å². The second-order valence-electron chi connectivity index (χ2n) is 11.8. The summed E-state index contributed by atoms with van der Waals surface area (Å²) in [5, 5.41) is 2.75. The van der Waals surface area contributed by atoms with Crippen molar-refractivity contribution in [2.75, 3.05) is 0 Å². The quantitative estimate of drug-likeness (QED) is 0.213. The zero-order valence-corrected chi connectivity index (χ0v) is 24.9. The van der Waals surface area contributed by atoms with Crippen LogP contribution in [0.4, 0.5) is 0 Å². The minimum atomic E-state index is -1.46. The summed E-state index contributed by atoms with van der Waals surface area (Å²) in [4.78, 5) is 0. The largest absolute Gasteiger partial charge is 0.484 e. The second-order valence-corrected chi connectivity index (χ2v) is 24.7. The van der Waals surface area contributed by atoms with Gasteiger partial charge in [-0.3, -0.25) is 0 Å². The lowest BCUT2D eigenvalue weighted by Crippen LogP contribution is -2.34. The molecule has 0 spiro atoms. The Labute approximate surface area is 218 Å². The maximum atomic E-state index is 7.04. The maximum absolute atomic E-state index is 7.04. The monoisotopic (exact) mass is 528 g/mol. The van der Waals surface area contributed by atoms with Gasteiger partial charge in [0.05, 0.1) is 31.5 Å². The molecule has 0 bridgehead atoms. The van der Waals surface area contributed by atoms with Crippen LogP contribution < -0.4 is 13.7 Å². The topological polar surface area (TPSA) is 9.23 Å². The summed E-state index contributed by atoms with van der Waals surface area (Å²) in [6, 6.07) is 26.8. The van der Waals surface area contributed by atoms with E-state index in [2.05, 4.69) is 112 Å². The summed E-state index contributed by atoms with van der Waals surface area (Å²) in [7, 11) is -2.91. The van der Waals surface area contributed by atoms with E-state index in [0.29, 0.717) is 0 Å². The van der Waals surface area contributed by atoms with Gasteiger partial charge >= 0.3 is 0 Å². The van der Waals surface area contributed by atoms with Crippen LogP contribution in [0.1, 0.15) is 28.7 Å². The first-order valence-electron chi connectivity index (χ1n) is 12.4. The Bertz CT molecular complexity index is 1540. The van der Waals surface area contributed by atoms with Crippen LogP contribution in [0.15, 0.2) is 72.8 Å². The molecule has 1 nitrogen and oxygen atoms in total. The highest BCUT2D eigenvalue weighted by Gasteiger charge is 2.41. The Kier molecular flexibility index (Phi) is 5.42. The first kappa shape index (κ1) is 23.2. The molecular weight excluding hydrogens is 497 g/mol. The van der Waals surface area contributed by atoms with Crippen LogP contribution in [0.5, 0.6) is 5.75 Å². The number of benzene rings is 3. The molecule has 6 rings (SSSR count). The van der Waals surface area contributed by atoms with E-state index in [1.807, 2.05) is 22.7 Å². The molecule has 2 aromatic heterocycles. The third-order valence-electron chi connectivity index (χ3n) is 7.07. The molecular formula is C30H32OS2Si2. The first-order valence-corrected chi connectivity index (χ1v) is 21.1. The van der Waals surface area contributed by atoms with Crippen molar-refractivity contribution in [1.82, 2.24) is 0 Å². The van der Waals surface area contributed by atoms with Crippen molar-refractivity contribution < 1.29 is 4.74 Å². The van der Waals surface area contributed by atoms with Gasteiger partial charge in [-0.2, -0.15) is 0 Å². The average molecular weight is 529 g/mol. The molecule has 3 heterocycles. The highest BCUT2D eigenvalue weighted by atomic mass is 32.1. The van der Waals surface area contributed by atoms with Crippen LogP contribution in [0.3, 0.4) is 0 Å². The third kappa shape index (κ3) is 3.84. The van der Waals surface area contributed by atoms with Crippen LogP contribution in [0, 0.1) is 0 Å². The highest BCUT2D eigenvalue weighted by Crippen LogP contribution is 2.56. The molecule has 0 aliphatic carbocycles. The molecule has 35 heavy (non-hydrogen) atoms. The molecule has 178 valence electrons. The predicted molar refractivity (Wildman–Crippen MR) is 161 cm³/mol. The van der Waals surface area contributed by atoms with Gasteiger partial charge in [0.15, 0.2) is 0 Å². The SMILES string of the molecule is C[Si](C)(C)c1cc2c3c(c4cc([Si](C)(C)C)sc4c2s1)C(c1ccccc1)C(c1ccccc1)O3. The van der Waals surface area contributed by atoms with Gasteiger partial charge < -0.3 is 4.74 Å². The molecule has 2 atom stereocenters. The number of hydrogen-bond donors (Lipinski definition) is 0. The van der Waals surface area contributed by atoms with Gasteiger partial charge in [0, 0.05) is 16.3 Å². The average Bonchev–Trinajstić information content (AvgIpc) is 3.53. The standard InChI is InChI=1S/C30H32OS2Si2/c1-34(2,3)23-17-21-26-25(19-13-9-7-10-14-19)27(20-15-11-8-12-16-20)31-28(26)22-18-24(35(4,5)6)33-30(22)29(21)32-23/h7-18,25,27H,1-6H3. The summed E-state index contributed by atoms with van der Waals surface area (Å²) >= 11 is 4.08. The molecule has 0 saturated carbocycles. The van der Waals surface area contributed by atoms with Crippen molar-refractivity contribution in [2.24, 2.45) is 0 Å². The Morgan fingerprint density at radius 1 is 0.629 bits per heavy atom. The second kappa shape index (κ2) is 8.17. The molecule has 0 amide bonds. The van der Waals surface area contributed by atoms with E-state index < -0.39 is 16.1 Å². The number of fused-ring (bicyclic) bond motifs is 6. The number of thiophene rings is 2. The molecule has 5 aromatic rings. The fraction of sp³-hybridized carbons (Fsp3) is 0.267. The predicted octanol–water partition coefficient (Wildman–Crippen LogP) is 8.47. The molecule has 0 radical (unpaired) electrons. The van der Waals surface area contributed by atoms with Crippen LogP contribution >= 0.6 is 22.7 Å². The Morgan fingerprint density at radius 2 is 1.11 bits per heavy atom. The van der Waals surface area contributed by atoms with Gasteiger partial charge in [-0.1, -0.05) is 99.9 Å². The van der Waals surface area contributed by atoms with E-state index in [9.17, 15) is 0 Å². The van der Waals surface area contributed by atoms with E-state index in [4.69, 9.17) is 4.74 Å². The maximum Gasteiger partial charge on any atom is 0.135 e. The van der Waals surface area contributed by atoms with E-state index in [1.165, 1.54) is 36.9 Å². The van der Waals surface area contributed by atoms with Gasteiger partial charge in [-0.25, -0.2) is 0 Å². The summed E-state index contributed by atoms with van der Waals surface area (Å²) in [5.41, 5.74) is 3.98. The Hall–Kier alpha value is -2.19. The number of rotatable bonds is 4. The smallest absolute Gasteiger partial charge is 0.135 e. The summed E-state index contributed by atoms with van der Waals surface area (Å²) in [6.07, 6.45) is -0.0205. The Balaban J connectivity index is 1.72. The van der Waals surface area contributed by atoms with E-state index in [1.54, 1.807) is 9.00 Å². The van der Waals surface area contributed by atoms with Crippen LogP contribution in [-0.4, -0.2) is 16.1 Å². The van der Waals surface area contributed by atoms with Gasteiger partial charge in [0.2, 0.25) is 0 Å². The zero-order valence-electron chi connectivity index (χ0n) is 21.3. The molecule has 1 aliphatic rings. The molecule has 5 heteroatoms. The van der Waals surface area contributed by atoms with Crippen molar-refractivity contribution in [2.45, 2.75) is 51.3 Å². The summed E-state index contributed by atoms with van der Waals surface area (Å²) in [6.45, 7) is 14.8. The number of hydrogen-bond acceptors (Lipinski definition) is 3. The molecule has 2 unspecified atom stereocenters. The first-order chi connectivity index (χ1) is 16.6. The van der Waals surface area contributed by atoms with Gasteiger partial charge in [-0.15, -0.1) is 22.7 Å². The van der Waals surface area contributed by atoms with Crippen molar-refractivity contribution in [3.05, 3.63) is 89.5 Å². The summed E-state index contributed by atoms with van der Waals surface area (Å²) < 4.78 is 13.1. The van der Waals surface area contributed by atoms with Crippen molar-refractivity contribution >= 4 is 68.0 Å². The lowest BCUT2D eigenvalue weighted by molar-refractivity contribution is 0.225. The molecule has 1 aliphatic heterocycles. The zero-order chi connectivity index (χ0) is 24.5. The van der Waals surface area contributed by atoms with Gasteiger partial charge in [0.1, 0.15) is 11.9 Å². The fourth-order valence-electron chi connectivity index (χ4n) is 5.18. The minimum absolute atomic E-state index is 0.0205. The lowest BCUT2D eigenvalue weighted by Gasteiger charge is -2.20. The Morgan fingerprint density at radius 3 is 1.66 bits per heavy atom. The van der Waals surface area contributed by atoms with E-state index in [0.717, 1.165) is 5.75 Å². The highest BCUT2D eigenvalue weighted by molar-refractivity contribution is 7.37. The molecule has 0 N–H and O–H groups in total. The molecule has 0 fully saturated rings. The normalized spacial score (nSPS) is 18.2.